The molecule has 1 aromatic carbocycles. The first-order valence-electron chi connectivity index (χ1n) is 9.18. The highest BCUT2D eigenvalue weighted by molar-refractivity contribution is 9.10. The van der Waals surface area contributed by atoms with Crippen molar-refractivity contribution in [3.05, 3.63) is 28.7 Å². The van der Waals surface area contributed by atoms with Gasteiger partial charge in [0.2, 0.25) is 0 Å². The van der Waals surface area contributed by atoms with Crippen LogP contribution in [0.3, 0.4) is 0 Å². The lowest BCUT2D eigenvalue weighted by Gasteiger charge is -2.25. The highest BCUT2D eigenvalue weighted by Crippen LogP contribution is 2.36. The molecule has 1 aromatic heterocycles. The molecule has 0 radical (unpaired) electrons. The number of esters is 1. The summed E-state index contributed by atoms with van der Waals surface area (Å²) in [6, 6.07) is 8.61. The number of aromatic nitrogens is 3. The molecule has 0 spiro atoms. The van der Waals surface area contributed by atoms with Crippen molar-refractivity contribution in [2.45, 2.75) is 56.6 Å². The Morgan fingerprint density at radius 3 is 2.85 bits per heavy atom. The van der Waals surface area contributed by atoms with E-state index in [9.17, 15) is 4.79 Å². The second kappa shape index (κ2) is 9.55. The lowest BCUT2D eigenvalue weighted by atomic mass is 9.95. The summed E-state index contributed by atoms with van der Waals surface area (Å²) in [5.74, 6) is 1.41. The highest BCUT2D eigenvalue weighted by Gasteiger charge is 2.24. The van der Waals surface area contributed by atoms with E-state index in [-0.39, 0.29) is 5.97 Å². The number of ether oxygens (including phenoxy) is 1. The van der Waals surface area contributed by atoms with Crippen molar-refractivity contribution in [1.29, 1.82) is 0 Å². The maximum absolute atomic E-state index is 11.6. The zero-order chi connectivity index (χ0) is 18.4. The Hall–Kier alpha value is -1.34. The fraction of sp³-hybridized carbons (Fsp3) is 0.526. The standard InChI is InChI=1S/C19H24BrN3O2S/c1-2-25-17(24)11-12-26-19-22-21-18(14-7-6-8-15(20)13-14)23(19)16-9-4-3-5-10-16/h6-8,13,16H,2-5,9-12H2,1H3. The number of thioether (sulfide) groups is 1. The van der Waals surface area contributed by atoms with E-state index in [4.69, 9.17) is 4.74 Å². The molecule has 140 valence electrons. The van der Waals surface area contributed by atoms with Gasteiger partial charge in [0.1, 0.15) is 0 Å². The van der Waals surface area contributed by atoms with Gasteiger partial charge >= 0.3 is 5.97 Å². The Bertz CT molecular complexity index is 744. The number of hydrogen-bond acceptors (Lipinski definition) is 5. The normalized spacial score (nSPS) is 15.2. The van der Waals surface area contributed by atoms with Gasteiger partial charge in [0.05, 0.1) is 13.0 Å². The van der Waals surface area contributed by atoms with Gasteiger partial charge in [-0.05, 0) is 31.9 Å². The first-order chi connectivity index (χ1) is 12.7. The third kappa shape index (κ3) is 4.88. The van der Waals surface area contributed by atoms with Gasteiger partial charge in [-0.1, -0.05) is 59.1 Å². The lowest BCUT2D eigenvalue weighted by Crippen LogP contribution is -2.15. The summed E-state index contributed by atoms with van der Waals surface area (Å²) < 4.78 is 8.33. The summed E-state index contributed by atoms with van der Waals surface area (Å²) in [6.07, 6.45) is 6.49. The second-order valence-electron chi connectivity index (χ2n) is 6.38. The monoisotopic (exact) mass is 437 g/mol. The van der Waals surface area contributed by atoms with Crippen LogP contribution in [0.5, 0.6) is 0 Å². The average Bonchev–Trinajstić information content (AvgIpc) is 3.06. The van der Waals surface area contributed by atoms with Crippen LogP contribution in [0.4, 0.5) is 0 Å². The van der Waals surface area contributed by atoms with Gasteiger partial charge in [0, 0.05) is 21.8 Å². The van der Waals surface area contributed by atoms with Crippen molar-refractivity contribution in [2.75, 3.05) is 12.4 Å². The quantitative estimate of drug-likeness (QED) is 0.436. The zero-order valence-electron chi connectivity index (χ0n) is 15.0. The number of halogens is 1. The molecule has 0 bridgehead atoms. The van der Waals surface area contributed by atoms with Crippen molar-refractivity contribution in [3.8, 4) is 11.4 Å². The Morgan fingerprint density at radius 1 is 1.31 bits per heavy atom. The smallest absolute Gasteiger partial charge is 0.306 e. The molecule has 1 aliphatic carbocycles. The molecule has 1 heterocycles. The van der Waals surface area contributed by atoms with Crippen LogP contribution in [0.1, 0.15) is 51.5 Å². The van der Waals surface area contributed by atoms with Crippen LogP contribution < -0.4 is 0 Å². The van der Waals surface area contributed by atoms with Crippen LogP contribution in [-0.2, 0) is 9.53 Å². The molecule has 0 saturated heterocycles. The number of nitrogens with zero attached hydrogens (tertiary/aromatic N) is 3. The van der Waals surface area contributed by atoms with Gasteiger partial charge in [-0.25, -0.2) is 0 Å². The molecular formula is C19H24BrN3O2S. The zero-order valence-corrected chi connectivity index (χ0v) is 17.4. The molecule has 7 heteroatoms. The lowest BCUT2D eigenvalue weighted by molar-refractivity contribution is -0.142. The van der Waals surface area contributed by atoms with E-state index in [1.807, 2.05) is 19.1 Å². The van der Waals surface area contributed by atoms with E-state index in [2.05, 4.69) is 42.8 Å². The Labute approximate surface area is 167 Å². The second-order valence-corrected chi connectivity index (χ2v) is 8.36. The Kier molecular flexibility index (Phi) is 7.14. The van der Waals surface area contributed by atoms with E-state index in [0.717, 1.165) is 33.9 Å². The van der Waals surface area contributed by atoms with E-state index in [1.54, 1.807) is 11.8 Å². The Balaban J connectivity index is 1.83. The van der Waals surface area contributed by atoms with Gasteiger partial charge in [0.25, 0.3) is 0 Å². The third-order valence-electron chi connectivity index (χ3n) is 4.53. The van der Waals surface area contributed by atoms with Crippen LogP contribution in [0.15, 0.2) is 33.9 Å². The van der Waals surface area contributed by atoms with E-state index in [1.165, 1.54) is 19.3 Å². The summed E-state index contributed by atoms with van der Waals surface area (Å²) >= 11 is 5.14. The summed E-state index contributed by atoms with van der Waals surface area (Å²) in [7, 11) is 0. The molecule has 26 heavy (non-hydrogen) atoms. The van der Waals surface area contributed by atoms with Gasteiger partial charge in [-0.15, -0.1) is 10.2 Å². The highest BCUT2D eigenvalue weighted by atomic mass is 79.9. The largest absolute Gasteiger partial charge is 0.466 e. The fourth-order valence-electron chi connectivity index (χ4n) is 3.33. The van der Waals surface area contributed by atoms with Crippen LogP contribution in [0.2, 0.25) is 0 Å². The summed E-state index contributed by atoms with van der Waals surface area (Å²) in [4.78, 5) is 11.6. The Morgan fingerprint density at radius 2 is 2.12 bits per heavy atom. The molecular weight excluding hydrogens is 414 g/mol. The van der Waals surface area contributed by atoms with E-state index < -0.39 is 0 Å². The van der Waals surface area contributed by atoms with E-state index in [0.29, 0.717) is 24.8 Å². The van der Waals surface area contributed by atoms with Crippen molar-refractivity contribution < 1.29 is 9.53 Å². The number of carbonyl (C=O) groups excluding carboxylic acids is 1. The van der Waals surface area contributed by atoms with Crippen molar-refractivity contribution >= 4 is 33.7 Å². The molecule has 0 aliphatic heterocycles. The van der Waals surface area contributed by atoms with Crippen LogP contribution in [-0.4, -0.2) is 33.1 Å². The minimum absolute atomic E-state index is 0.157. The molecule has 0 unspecified atom stereocenters. The first-order valence-corrected chi connectivity index (χ1v) is 11.0. The number of carbonyl (C=O) groups is 1. The molecule has 1 saturated carbocycles. The first kappa shape index (κ1) is 19.4. The molecule has 5 nitrogen and oxygen atoms in total. The SMILES string of the molecule is CCOC(=O)CCSc1nnc(-c2cccc(Br)c2)n1C1CCCCC1. The summed E-state index contributed by atoms with van der Waals surface area (Å²) in [5.41, 5.74) is 1.06. The molecule has 1 aliphatic rings. The van der Waals surface area contributed by atoms with Gasteiger partial charge < -0.3 is 4.74 Å². The molecule has 0 atom stereocenters. The summed E-state index contributed by atoms with van der Waals surface area (Å²) in [5, 5.41) is 9.84. The van der Waals surface area contributed by atoms with Crippen LogP contribution in [0, 0.1) is 0 Å². The van der Waals surface area contributed by atoms with Crippen molar-refractivity contribution in [3.63, 3.8) is 0 Å². The predicted molar refractivity (Wildman–Crippen MR) is 107 cm³/mol. The van der Waals surface area contributed by atoms with E-state index >= 15 is 0 Å². The molecule has 0 N–H and O–H groups in total. The average molecular weight is 438 g/mol. The number of hydrogen-bond donors (Lipinski definition) is 0. The predicted octanol–water partition coefficient (Wildman–Crippen LogP) is 5.26. The van der Waals surface area contributed by atoms with Crippen molar-refractivity contribution in [2.24, 2.45) is 0 Å². The molecule has 2 aromatic rings. The van der Waals surface area contributed by atoms with Crippen LogP contribution >= 0.6 is 27.7 Å². The maximum Gasteiger partial charge on any atom is 0.306 e. The molecule has 1 fully saturated rings. The van der Waals surface area contributed by atoms with Crippen LogP contribution in [0.25, 0.3) is 11.4 Å². The molecule has 0 amide bonds. The van der Waals surface area contributed by atoms with Gasteiger partial charge in [-0.3, -0.25) is 9.36 Å². The number of benzene rings is 1. The molecule has 3 rings (SSSR count). The third-order valence-corrected chi connectivity index (χ3v) is 5.97. The minimum atomic E-state index is -0.157. The van der Waals surface area contributed by atoms with Gasteiger partial charge in [0.15, 0.2) is 11.0 Å². The fourth-order valence-corrected chi connectivity index (χ4v) is 4.65. The van der Waals surface area contributed by atoms with Gasteiger partial charge in [-0.2, -0.15) is 0 Å². The van der Waals surface area contributed by atoms with Crippen molar-refractivity contribution in [1.82, 2.24) is 14.8 Å². The topological polar surface area (TPSA) is 57.0 Å². The summed E-state index contributed by atoms with van der Waals surface area (Å²) in [6.45, 7) is 2.25. The maximum atomic E-state index is 11.6. The minimum Gasteiger partial charge on any atom is -0.466 e. The number of rotatable bonds is 7.